The van der Waals surface area contributed by atoms with Gasteiger partial charge in [0, 0.05) is 18.9 Å². The van der Waals surface area contributed by atoms with Crippen molar-refractivity contribution >= 4 is 5.97 Å². The molecule has 3 rings (SSSR count). The normalized spacial score (nSPS) is 29.8. The quantitative estimate of drug-likeness (QED) is 0.662. The van der Waals surface area contributed by atoms with Crippen LogP contribution in [0.25, 0.3) is 0 Å². The van der Waals surface area contributed by atoms with Crippen LogP contribution in [0, 0.1) is 5.92 Å². The lowest BCUT2D eigenvalue weighted by Gasteiger charge is -2.31. The zero-order valence-corrected chi connectivity index (χ0v) is 11.7. The number of aliphatic hydroxyl groups is 1. The third-order valence-electron chi connectivity index (χ3n) is 4.30. The Hall–Kier alpha value is -1.47. The van der Waals surface area contributed by atoms with Gasteiger partial charge < -0.3 is 14.6 Å². The van der Waals surface area contributed by atoms with Gasteiger partial charge in [-0.2, -0.15) is 0 Å². The van der Waals surface area contributed by atoms with E-state index in [0.717, 1.165) is 5.56 Å². The zero-order chi connectivity index (χ0) is 14.7. The molecule has 6 nitrogen and oxygen atoms in total. The molecule has 3 atom stereocenters. The van der Waals surface area contributed by atoms with E-state index in [1.165, 1.54) is 0 Å². The van der Waals surface area contributed by atoms with Crippen molar-refractivity contribution in [2.45, 2.75) is 24.7 Å². The molecule has 1 spiro atoms. The number of ether oxygens (including phenoxy) is 2. The van der Waals surface area contributed by atoms with Crippen molar-refractivity contribution in [2.75, 3.05) is 19.8 Å². The van der Waals surface area contributed by atoms with E-state index in [4.69, 9.17) is 9.47 Å². The maximum atomic E-state index is 12.0. The molecule has 0 amide bonds. The van der Waals surface area contributed by atoms with Crippen molar-refractivity contribution in [3.63, 3.8) is 0 Å². The zero-order valence-electron chi connectivity index (χ0n) is 11.7. The predicted octanol–water partition coefficient (Wildman–Crippen LogP) is -0.0262. The van der Waals surface area contributed by atoms with Crippen molar-refractivity contribution in [2.24, 2.45) is 5.92 Å². The van der Waals surface area contributed by atoms with Crippen molar-refractivity contribution in [3.05, 3.63) is 35.9 Å². The fourth-order valence-corrected chi connectivity index (χ4v) is 3.09. The summed E-state index contributed by atoms with van der Waals surface area (Å²) >= 11 is 0. The summed E-state index contributed by atoms with van der Waals surface area (Å²) in [6.07, 6.45) is 0.174. The standard InChI is InChI=1S/C15H20N2O4/c18-9-13(21-10-11-4-2-1-3-5-11)12-8-16-17-15(12)6-7-20-14(15)19/h1-5,12-13,16-18H,6-10H2/t12-,13-,15+/m1/s1. The Morgan fingerprint density at radius 3 is 2.90 bits per heavy atom. The van der Waals surface area contributed by atoms with Crippen LogP contribution in [-0.4, -0.2) is 42.5 Å². The summed E-state index contributed by atoms with van der Waals surface area (Å²) in [7, 11) is 0. The molecule has 2 fully saturated rings. The van der Waals surface area contributed by atoms with Crippen LogP contribution in [0.3, 0.4) is 0 Å². The number of hydrazine groups is 1. The second kappa shape index (κ2) is 6.11. The smallest absolute Gasteiger partial charge is 0.328 e. The van der Waals surface area contributed by atoms with Crippen LogP contribution in [-0.2, 0) is 20.9 Å². The van der Waals surface area contributed by atoms with Gasteiger partial charge in [0.15, 0.2) is 0 Å². The summed E-state index contributed by atoms with van der Waals surface area (Å²) in [4.78, 5) is 12.0. The van der Waals surface area contributed by atoms with Crippen molar-refractivity contribution in [1.82, 2.24) is 10.9 Å². The molecule has 2 heterocycles. The summed E-state index contributed by atoms with van der Waals surface area (Å²) in [5.74, 6) is -0.416. The molecule has 6 heteroatoms. The van der Waals surface area contributed by atoms with Crippen LogP contribution in [0.2, 0.25) is 0 Å². The number of carbonyl (C=O) groups excluding carboxylic acids is 1. The van der Waals surface area contributed by atoms with Gasteiger partial charge in [-0.25, -0.2) is 10.2 Å². The van der Waals surface area contributed by atoms with Crippen molar-refractivity contribution < 1.29 is 19.4 Å². The number of esters is 1. The number of benzene rings is 1. The molecular formula is C15H20N2O4. The summed E-state index contributed by atoms with van der Waals surface area (Å²) in [6, 6.07) is 9.78. The molecule has 2 aliphatic rings. The molecule has 1 aromatic carbocycles. The number of aliphatic hydroxyl groups excluding tert-OH is 1. The van der Waals surface area contributed by atoms with Gasteiger partial charge in [0.1, 0.15) is 5.54 Å². The van der Waals surface area contributed by atoms with E-state index in [9.17, 15) is 9.90 Å². The minimum atomic E-state index is -0.774. The molecule has 114 valence electrons. The predicted molar refractivity (Wildman–Crippen MR) is 75.0 cm³/mol. The van der Waals surface area contributed by atoms with Gasteiger partial charge in [-0.15, -0.1) is 0 Å². The Bertz CT molecular complexity index is 492. The Morgan fingerprint density at radius 2 is 2.24 bits per heavy atom. The van der Waals surface area contributed by atoms with Crippen LogP contribution in [0.15, 0.2) is 30.3 Å². The molecule has 0 aliphatic carbocycles. The highest BCUT2D eigenvalue weighted by molar-refractivity contribution is 5.83. The molecule has 1 aromatic rings. The lowest BCUT2D eigenvalue weighted by molar-refractivity contribution is -0.147. The number of nitrogens with one attached hydrogen (secondary N) is 2. The number of rotatable bonds is 5. The molecule has 0 aromatic heterocycles. The number of hydrogen-bond donors (Lipinski definition) is 3. The van der Waals surface area contributed by atoms with Gasteiger partial charge in [0.2, 0.25) is 0 Å². The molecule has 0 radical (unpaired) electrons. The maximum Gasteiger partial charge on any atom is 0.328 e. The minimum Gasteiger partial charge on any atom is -0.464 e. The first-order valence-corrected chi connectivity index (χ1v) is 7.20. The summed E-state index contributed by atoms with van der Waals surface area (Å²) in [5.41, 5.74) is 6.30. The molecule has 0 saturated carbocycles. The summed E-state index contributed by atoms with van der Waals surface area (Å²) < 4.78 is 11.0. The van der Waals surface area contributed by atoms with Gasteiger partial charge >= 0.3 is 5.97 Å². The van der Waals surface area contributed by atoms with E-state index >= 15 is 0 Å². The van der Waals surface area contributed by atoms with E-state index < -0.39 is 11.6 Å². The van der Waals surface area contributed by atoms with Crippen LogP contribution >= 0.6 is 0 Å². The van der Waals surface area contributed by atoms with Crippen LogP contribution in [0.4, 0.5) is 0 Å². The first-order chi connectivity index (χ1) is 10.3. The number of carbonyl (C=O) groups is 1. The van der Waals surface area contributed by atoms with Crippen LogP contribution in [0.5, 0.6) is 0 Å². The van der Waals surface area contributed by atoms with Crippen LogP contribution < -0.4 is 10.9 Å². The molecular weight excluding hydrogens is 272 g/mol. The second-order valence-corrected chi connectivity index (χ2v) is 5.49. The third kappa shape index (κ3) is 2.67. The fourth-order valence-electron chi connectivity index (χ4n) is 3.09. The van der Waals surface area contributed by atoms with Gasteiger partial charge in [-0.1, -0.05) is 30.3 Å². The lowest BCUT2D eigenvalue weighted by Crippen LogP contribution is -2.54. The van der Waals surface area contributed by atoms with Crippen molar-refractivity contribution in [1.29, 1.82) is 0 Å². The number of cyclic esters (lactones) is 1. The molecule has 0 unspecified atom stereocenters. The molecule has 2 aliphatic heterocycles. The van der Waals surface area contributed by atoms with Gasteiger partial charge in [0.25, 0.3) is 0 Å². The van der Waals surface area contributed by atoms with Gasteiger partial charge in [-0.3, -0.25) is 5.43 Å². The molecule has 21 heavy (non-hydrogen) atoms. The highest BCUT2D eigenvalue weighted by Gasteiger charge is 2.56. The second-order valence-electron chi connectivity index (χ2n) is 5.49. The Kier molecular flexibility index (Phi) is 4.21. The van der Waals surface area contributed by atoms with Gasteiger partial charge in [-0.05, 0) is 5.56 Å². The van der Waals surface area contributed by atoms with E-state index in [0.29, 0.717) is 26.2 Å². The first-order valence-electron chi connectivity index (χ1n) is 7.20. The molecule has 3 N–H and O–H groups in total. The topological polar surface area (TPSA) is 79.8 Å². The monoisotopic (exact) mass is 292 g/mol. The first kappa shape index (κ1) is 14.5. The van der Waals surface area contributed by atoms with Crippen molar-refractivity contribution in [3.8, 4) is 0 Å². The van der Waals surface area contributed by atoms with E-state index in [1.54, 1.807) is 0 Å². The van der Waals surface area contributed by atoms with E-state index in [-0.39, 0.29) is 18.5 Å². The Balaban J connectivity index is 1.69. The minimum absolute atomic E-state index is 0.129. The van der Waals surface area contributed by atoms with Crippen LogP contribution in [0.1, 0.15) is 12.0 Å². The lowest BCUT2D eigenvalue weighted by atomic mass is 9.81. The summed E-state index contributed by atoms with van der Waals surface area (Å²) in [5, 5.41) is 9.66. The number of hydrogen-bond acceptors (Lipinski definition) is 6. The molecule has 2 saturated heterocycles. The highest BCUT2D eigenvalue weighted by atomic mass is 16.5. The highest BCUT2D eigenvalue weighted by Crippen LogP contribution is 2.34. The van der Waals surface area contributed by atoms with E-state index in [1.807, 2.05) is 30.3 Å². The average Bonchev–Trinajstić information content (AvgIpc) is 3.10. The van der Waals surface area contributed by atoms with E-state index in [2.05, 4.69) is 10.9 Å². The third-order valence-corrected chi connectivity index (χ3v) is 4.30. The fraction of sp³-hybridized carbons (Fsp3) is 0.533. The maximum absolute atomic E-state index is 12.0. The average molecular weight is 292 g/mol. The largest absolute Gasteiger partial charge is 0.464 e. The Morgan fingerprint density at radius 1 is 1.43 bits per heavy atom. The van der Waals surface area contributed by atoms with Gasteiger partial charge in [0.05, 0.1) is 25.9 Å². The molecule has 0 bridgehead atoms. The SMILES string of the molecule is O=C1OCC[C@@]12NNC[C@@H]2[C@@H](CO)OCc1ccccc1. The summed E-state index contributed by atoms with van der Waals surface area (Å²) in [6.45, 7) is 1.25. The Labute approximate surface area is 123 Å².